The molecule has 0 aromatic heterocycles. The Hall–Kier alpha value is -1.35. The van der Waals surface area contributed by atoms with Crippen molar-refractivity contribution in [2.75, 3.05) is 11.4 Å². The van der Waals surface area contributed by atoms with Gasteiger partial charge in [0.1, 0.15) is 5.82 Å². The minimum absolute atomic E-state index is 0.143. The van der Waals surface area contributed by atoms with Crippen LogP contribution in [0.2, 0.25) is 0 Å². The Kier molecular flexibility index (Phi) is 3.79. The average molecular weight is 334 g/mol. The minimum atomic E-state index is -0.143. The largest absolute Gasteiger partial charge is 0.341 e. The van der Waals surface area contributed by atoms with Crippen LogP contribution in [0.5, 0.6) is 0 Å². The van der Waals surface area contributed by atoms with Crippen molar-refractivity contribution in [2.45, 2.75) is 18.7 Å². The molecule has 104 valence electrons. The van der Waals surface area contributed by atoms with Crippen LogP contribution in [-0.4, -0.2) is 6.54 Å². The quantitative estimate of drug-likeness (QED) is 0.695. The summed E-state index contributed by atoms with van der Waals surface area (Å²) in [6.45, 7) is 3.18. The van der Waals surface area contributed by atoms with Crippen molar-refractivity contribution in [1.29, 1.82) is 0 Å². The molecule has 1 unspecified atom stereocenters. The summed E-state index contributed by atoms with van der Waals surface area (Å²) in [6, 6.07) is 13.8. The van der Waals surface area contributed by atoms with Gasteiger partial charge in [-0.15, -0.1) is 0 Å². The van der Waals surface area contributed by atoms with E-state index >= 15 is 0 Å². The molecule has 1 atom stereocenters. The van der Waals surface area contributed by atoms with Gasteiger partial charge in [-0.2, -0.15) is 0 Å². The maximum absolute atomic E-state index is 14.0. The monoisotopic (exact) mass is 333 g/mol. The molecule has 0 fully saturated rings. The van der Waals surface area contributed by atoms with E-state index in [1.54, 1.807) is 6.07 Å². The van der Waals surface area contributed by atoms with E-state index in [1.165, 1.54) is 17.3 Å². The van der Waals surface area contributed by atoms with Gasteiger partial charge in [-0.05, 0) is 36.1 Å². The number of rotatable bonds is 2. The molecule has 1 heterocycles. The van der Waals surface area contributed by atoms with Crippen LogP contribution in [-0.2, 0) is 11.8 Å². The third kappa shape index (κ3) is 2.35. The predicted molar refractivity (Wildman–Crippen MR) is 85.3 cm³/mol. The molecule has 1 nitrogen and oxygen atoms in total. The van der Waals surface area contributed by atoms with Crippen molar-refractivity contribution >= 4 is 27.3 Å². The number of para-hydroxylation sites is 1. The third-order valence-corrected chi connectivity index (χ3v) is 4.42. The van der Waals surface area contributed by atoms with Gasteiger partial charge >= 0.3 is 0 Å². The van der Waals surface area contributed by atoms with Crippen molar-refractivity contribution < 1.29 is 4.39 Å². The zero-order valence-electron chi connectivity index (χ0n) is 11.4. The maximum Gasteiger partial charge on any atom is 0.129 e. The van der Waals surface area contributed by atoms with Crippen LogP contribution in [0.4, 0.5) is 15.8 Å². The van der Waals surface area contributed by atoms with Crippen molar-refractivity contribution in [3.8, 4) is 0 Å². The lowest BCUT2D eigenvalue weighted by Gasteiger charge is -2.36. The molecular formula is C17H17BrFN. The summed E-state index contributed by atoms with van der Waals surface area (Å²) in [4.78, 5) is 2.25. The molecule has 1 aliphatic rings. The van der Waals surface area contributed by atoms with E-state index in [0.717, 1.165) is 24.2 Å². The lowest BCUT2D eigenvalue weighted by atomic mass is 9.93. The Bertz CT molecular complexity index is 626. The average Bonchev–Trinajstić information content (AvgIpc) is 2.46. The fourth-order valence-corrected chi connectivity index (χ4v) is 3.51. The lowest BCUT2D eigenvalue weighted by molar-refractivity contribution is 0.559. The van der Waals surface area contributed by atoms with Crippen molar-refractivity contribution in [1.82, 2.24) is 0 Å². The zero-order chi connectivity index (χ0) is 14.1. The Morgan fingerprint density at radius 3 is 2.70 bits per heavy atom. The maximum atomic E-state index is 14.0. The van der Waals surface area contributed by atoms with Gasteiger partial charge in [0.15, 0.2) is 0 Å². The molecule has 20 heavy (non-hydrogen) atoms. The summed E-state index contributed by atoms with van der Waals surface area (Å²) in [6.07, 6.45) is 1.09. The van der Waals surface area contributed by atoms with Crippen LogP contribution in [0, 0.1) is 11.7 Å². The zero-order valence-corrected chi connectivity index (χ0v) is 13.0. The standard InChI is InChI=1S/C17H17BrFN/c1-12-9-13-5-2-3-7-16(13)20(11-12)17-8-4-6-15(19)14(17)10-18/h2-8,12H,9-11H2,1H3. The highest BCUT2D eigenvalue weighted by molar-refractivity contribution is 9.08. The van der Waals surface area contributed by atoms with Crippen LogP contribution in [0.25, 0.3) is 0 Å². The Morgan fingerprint density at radius 2 is 1.90 bits per heavy atom. The highest BCUT2D eigenvalue weighted by Gasteiger charge is 2.24. The highest BCUT2D eigenvalue weighted by atomic mass is 79.9. The molecule has 0 amide bonds. The molecule has 0 saturated carbocycles. The van der Waals surface area contributed by atoms with Crippen molar-refractivity contribution in [3.63, 3.8) is 0 Å². The van der Waals surface area contributed by atoms with Crippen molar-refractivity contribution in [3.05, 3.63) is 59.4 Å². The summed E-state index contributed by atoms with van der Waals surface area (Å²) in [7, 11) is 0. The Morgan fingerprint density at radius 1 is 1.15 bits per heavy atom. The molecular weight excluding hydrogens is 317 g/mol. The van der Waals surface area contributed by atoms with Gasteiger partial charge in [0.2, 0.25) is 0 Å². The molecule has 0 radical (unpaired) electrons. The second-order valence-corrected chi connectivity index (χ2v) is 5.98. The van der Waals surface area contributed by atoms with Crippen LogP contribution in [0.1, 0.15) is 18.1 Å². The number of hydrogen-bond acceptors (Lipinski definition) is 1. The van der Waals surface area contributed by atoms with E-state index in [9.17, 15) is 4.39 Å². The lowest BCUT2D eigenvalue weighted by Crippen LogP contribution is -2.31. The minimum Gasteiger partial charge on any atom is -0.341 e. The summed E-state index contributed by atoms with van der Waals surface area (Å²) in [5, 5.41) is 0.530. The van der Waals surface area contributed by atoms with E-state index in [2.05, 4.69) is 52.0 Å². The van der Waals surface area contributed by atoms with Crippen LogP contribution >= 0.6 is 15.9 Å². The molecule has 3 rings (SSSR count). The first-order chi connectivity index (χ1) is 9.70. The first-order valence-electron chi connectivity index (χ1n) is 6.89. The first kappa shape index (κ1) is 13.6. The predicted octanol–water partition coefficient (Wildman–Crippen LogP) is 5.05. The Balaban J connectivity index is 2.13. The number of anilines is 2. The number of alkyl halides is 1. The van der Waals surface area contributed by atoms with Crippen molar-refractivity contribution in [2.24, 2.45) is 5.92 Å². The molecule has 0 spiro atoms. The summed E-state index contributed by atoms with van der Waals surface area (Å²) in [5.41, 5.74) is 4.26. The van der Waals surface area contributed by atoms with Crippen LogP contribution in [0.15, 0.2) is 42.5 Å². The van der Waals surface area contributed by atoms with Gasteiger partial charge in [-0.1, -0.05) is 47.1 Å². The van der Waals surface area contributed by atoms with Gasteiger partial charge in [0.05, 0.1) is 0 Å². The van der Waals surface area contributed by atoms with E-state index in [0.29, 0.717) is 11.2 Å². The number of halogens is 2. The molecule has 2 aromatic carbocycles. The molecule has 0 bridgehead atoms. The SMILES string of the molecule is CC1Cc2ccccc2N(c2cccc(F)c2CBr)C1. The number of benzene rings is 2. The number of hydrogen-bond donors (Lipinski definition) is 0. The number of nitrogens with zero attached hydrogens (tertiary/aromatic N) is 1. The van der Waals surface area contributed by atoms with E-state index < -0.39 is 0 Å². The summed E-state index contributed by atoms with van der Waals surface area (Å²) in [5.74, 6) is 0.423. The second-order valence-electron chi connectivity index (χ2n) is 5.42. The second kappa shape index (κ2) is 5.57. The summed E-state index contributed by atoms with van der Waals surface area (Å²) >= 11 is 3.41. The van der Waals surface area contributed by atoms with Gasteiger partial charge < -0.3 is 4.90 Å². The fourth-order valence-electron chi connectivity index (χ4n) is 2.96. The van der Waals surface area contributed by atoms with Gasteiger partial charge in [-0.3, -0.25) is 0 Å². The normalized spacial score (nSPS) is 17.9. The topological polar surface area (TPSA) is 3.24 Å². The van der Waals surface area contributed by atoms with Crippen LogP contribution in [0.3, 0.4) is 0 Å². The molecule has 1 aliphatic heterocycles. The molecule has 0 N–H and O–H groups in total. The molecule has 0 saturated heterocycles. The van der Waals surface area contributed by atoms with Gasteiger partial charge in [0, 0.05) is 28.8 Å². The fraction of sp³-hybridized carbons (Fsp3) is 0.294. The van der Waals surface area contributed by atoms with Gasteiger partial charge in [0.25, 0.3) is 0 Å². The molecule has 0 aliphatic carbocycles. The first-order valence-corrected chi connectivity index (χ1v) is 8.01. The smallest absolute Gasteiger partial charge is 0.129 e. The van der Waals surface area contributed by atoms with Crippen LogP contribution < -0.4 is 4.90 Å². The van der Waals surface area contributed by atoms with E-state index in [-0.39, 0.29) is 5.82 Å². The summed E-state index contributed by atoms with van der Waals surface area (Å²) < 4.78 is 14.0. The Labute approximate surface area is 127 Å². The molecule has 3 heteroatoms. The van der Waals surface area contributed by atoms with E-state index in [4.69, 9.17) is 0 Å². The molecule has 2 aromatic rings. The highest BCUT2D eigenvalue weighted by Crippen LogP contribution is 2.38. The van der Waals surface area contributed by atoms with Gasteiger partial charge in [-0.25, -0.2) is 4.39 Å². The number of fused-ring (bicyclic) bond motifs is 1. The third-order valence-electron chi connectivity index (χ3n) is 3.86. The van der Waals surface area contributed by atoms with E-state index in [1.807, 2.05) is 6.07 Å².